The lowest BCUT2D eigenvalue weighted by Crippen LogP contribution is -2.43. The van der Waals surface area contributed by atoms with Gasteiger partial charge in [-0.3, -0.25) is 4.79 Å². The summed E-state index contributed by atoms with van der Waals surface area (Å²) < 4.78 is 60.8. The van der Waals surface area contributed by atoms with E-state index in [2.05, 4.69) is 0 Å². The second kappa shape index (κ2) is 8.81. The first kappa shape index (κ1) is 19.6. The van der Waals surface area contributed by atoms with Crippen LogP contribution in [0.1, 0.15) is 25.7 Å². The van der Waals surface area contributed by atoms with Crippen LogP contribution >= 0.6 is 11.8 Å². The molecule has 0 fully saturated rings. The molecule has 0 aromatic carbocycles. The van der Waals surface area contributed by atoms with E-state index in [9.17, 15) is 26.7 Å². The van der Waals surface area contributed by atoms with Gasteiger partial charge >= 0.3 is 12.1 Å². The molecule has 0 N–H and O–H groups in total. The SMILES string of the molecule is CN(C)CCCSCCCCC(=O)C(F)(F)C(F)(F)F. The number of Topliss-reactive ketones (excluding diaryl/α,β-unsaturated/α-hetero) is 1. The normalized spacial score (nSPS) is 13.0. The quantitative estimate of drug-likeness (QED) is 0.453. The Bertz CT molecular complexity index is 294. The minimum Gasteiger partial charge on any atom is -0.309 e. The number of hydrogen-bond donors (Lipinski definition) is 0. The molecule has 0 rings (SSSR count). The van der Waals surface area contributed by atoms with E-state index in [1.165, 1.54) is 0 Å². The number of alkyl halides is 5. The zero-order chi connectivity index (χ0) is 15.8. The van der Waals surface area contributed by atoms with Crippen LogP contribution in [-0.4, -0.2) is 54.9 Å². The van der Waals surface area contributed by atoms with E-state index in [0.717, 1.165) is 18.7 Å². The van der Waals surface area contributed by atoms with Crippen LogP contribution in [0.2, 0.25) is 0 Å². The van der Waals surface area contributed by atoms with Crippen molar-refractivity contribution >= 4 is 17.5 Å². The molecule has 0 aliphatic heterocycles. The predicted molar refractivity (Wildman–Crippen MR) is 70.4 cm³/mol. The van der Waals surface area contributed by atoms with Gasteiger partial charge in [0.2, 0.25) is 5.78 Å². The Labute approximate surface area is 120 Å². The number of rotatable bonds is 10. The molecular weight excluding hydrogens is 301 g/mol. The summed E-state index contributed by atoms with van der Waals surface area (Å²) in [5, 5.41) is 0. The van der Waals surface area contributed by atoms with Gasteiger partial charge in [0.25, 0.3) is 0 Å². The number of carbonyl (C=O) groups is 1. The molecule has 0 amide bonds. The molecule has 20 heavy (non-hydrogen) atoms. The van der Waals surface area contributed by atoms with E-state index in [1.54, 1.807) is 11.8 Å². The molecule has 0 aliphatic rings. The van der Waals surface area contributed by atoms with Crippen LogP contribution < -0.4 is 0 Å². The molecule has 0 saturated carbocycles. The van der Waals surface area contributed by atoms with Crippen LogP contribution in [-0.2, 0) is 4.79 Å². The van der Waals surface area contributed by atoms with Crippen molar-refractivity contribution < 1.29 is 26.7 Å². The van der Waals surface area contributed by atoms with Crippen molar-refractivity contribution in [3.05, 3.63) is 0 Å². The number of hydrogen-bond acceptors (Lipinski definition) is 3. The molecule has 0 atom stereocenters. The van der Waals surface area contributed by atoms with E-state index in [4.69, 9.17) is 0 Å². The van der Waals surface area contributed by atoms with Crippen molar-refractivity contribution in [3.8, 4) is 0 Å². The molecular formula is C12H20F5NOS. The van der Waals surface area contributed by atoms with Gasteiger partial charge in [0.15, 0.2) is 0 Å². The zero-order valence-electron chi connectivity index (χ0n) is 11.6. The summed E-state index contributed by atoms with van der Waals surface area (Å²) in [5.41, 5.74) is 0. The van der Waals surface area contributed by atoms with Crippen molar-refractivity contribution in [1.29, 1.82) is 0 Å². The fraction of sp³-hybridized carbons (Fsp3) is 0.917. The lowest BCUT2D eigenvalue weighted by atomic mass is 10.1. The lowest BCUT2D eigenvalue weighted by molar-refractivity contribution is -0.268. The van der Waals surface area contributed by atoms with E-state index >= 15 is 0 Å². The largest absolute Gasteiger partial charge is 0.461 e. The van der Waals surface area contributed by atoms with Gasteiger partial charge in [-0.15, -0.1) is 0 Å². The second-order valence-corrected chi connectivity index (χ2v) is 5.95. The molecule has 0 unspecified atom stereocenters. The van der Waals surface area contributed by atoms with Gasteiger partial charge in [-0.05, 0) is 51.4 Å². The molecule has 0 aliphatic carbocycles. The van der Waals surface area contributed by atoms with Gasteiger partial charge in [0.1, 0.15) is 0 Å². The molecule has 0 heterocycles. The zero-order valence-corrected chi connectivity index (χ0v) is 12.4. The average Bonchev–Trinajstić information content (AvgIpc) is 2.30. The molecule has 120 valence electrons. The first-order valence-electron chi connectivity index (χ1n) is 6.29. The van der Waals surface area contributed by atoms with Gasteiger partial charge in [-0.2, -0.15) is 33.7 Å². The maximum absolute atomic E-state index is 12.6. The summed E-state index contributed by atoms with van der Waals surface area (Å²) >= 11 is 1.61. The molecule has 0 bridgehead atoms. The van der Waals surface area contributed by atoms with Gasteiger partial charge in [-0.1, -0.05) is 0 Å². The molecule has 8 heteroatoms. The van der Waals surface area contributed by atoms with E-state index in [-0.39, 0.29) is 6.42 Å². The minimum atomic E-state index is -5.79. The fourth-order valence-corrected chi connectivity index (χ4v) is 2.34. The van der Waals surface area contributed by atoms with Crippen LogP contribution in [0.5, 0.6) is 0 Å². The highest BCUT2D eigenvalue weighted by Gasteiger charge is 2.62. The first-order chi connectivity index (χ1) is 9.09. The van der Waals surface area contributed by atoms with E-state index < -0.39 is 24.3 Å². The number of halogens is 5. The Kier molecular flexibility index (Phi) is 8.65. The standard InChI is InChI=1S/C12H20F5NOS/c1-18(2)7-5-9-20-8-4-3-6-10(19)11(13,14)12(15,16)17/h3-9H2,1-2H3. The summed E-state index contributed by atoms with van der Waals surface area (Å²) in [6, 6.07) is 0. The molecule has 0 aromatic heterocycles. The van der Waals surface area contributed by atoms with Crippen LogP contribution in [0, 0.1) is 0 Å². The summed E-state index contributed by atoms with van der Waals surface area (Å²) in [6.07, 6.45) is -5.00. The molecule has 0 aromatic rings. The number of carbonyl (C=O) groups excluding carboxylic acids is 1. The topological polar surface area (TPSA) is 20.3 Å². The highest BCUT2D eigenvalue weighted by molar-refractivity contribution is 7.99. The third kappa shape index (κ3) is 7.42. The maximum Gasteiger partial charge on any atom is 0.461 e. The van der Waals surface area contributed by atoms with Crippen molar-refractivity contribution in [3.63, 3.8) is 0 Å². The molecule has 2 nitrogen and oxygen atoms in total. The van der Waals surface area contributed by atoms with Gasteiger partial charge in [-0.25, -0.2) is 0 Å². The maximum atomic E-state index is 12.6. The summed E-state index contributed by atoms with van der Waals surface area (Å²) in [4.78, 5) is 12.9. The number of ketones is 1. The molecule has 0 saturated heterocycles. The highest BCUT2D eigenvalue weighted by atomic mass is 32.2. The summed E-state index contributed by atoms with van der Waals surface area (Å²) in [7, 11) is 3.91. The van der Waals surface area contributed by atoms with Crippen molar-refractivity contribution in [2.24, 2.45) is 0 Å². The van der Waals surface area contributed by atoms with E-state index in [0.29, 0.717) is 12.2 Å². The number of nitrogens with zero attached hydrogens (tertiary/aromatic N) is 1. The molecule has 0 radical (unpaired) electrons. The number of unbranched alkanes of at least 4 members (excludes halogenated alkanes) is 1. The van der Waals surface area contributed by atoms with Crippen molar-refractivity contribution in [1.82, 2.24) is 4.90 Å². The van der Waals surface area contributed by atoms with Crippen LogP contribution in [0.3, 0.4) is 0 Å². The van der Waals surface area contributed by atoms with E-state index in [1.807, 2.05) is 19.0 Å². The Morgan fingerprint density at radius 3 is 2.05 bits per heavy atom. The van der Waals surface area contributed by atoms with Gasteiger partial charge in [0, 0.05) is 6.42 Å². The Balaban J connectivity index is 3.68. The van der Waals surface area contributed by atoms with Crippen molar-refractivity contribution in [2.75, 3.05) is 32.1 Å². The Hall–Kier alpha value is -0.370. The average molecular weight is 321 g/mol. The van der Waals surface area contributed by atoms with Gasteiger partial charge in [0.05, 0.1) is 0 Å². The van der Waals surface area contributed by atoms with Crippen LogP contribution in [0.25, 0.3) is 0 Å². The van der Waals surface area contributed by atoms with Crippen molar-refractivity contribution in [2.45, 2.75) is 37.8 Å². The number of thioether (sulfide) groups is 1. The summed E-state index contributed by atoms with van der Waals surface area (Å²) in [5.74, 6) is -5.68. The lowest BCUT2D eigenvalue weighted by Gasteiger charge is -2.17. The minimum absolute atomic E-state index is 0.0607. The first-order valence-corrected chi connectivity index (χ1v) is 7.45. The highest BCUT2D eigenvalue weighted by Crippen LogP contribution is 2.37. The predicted octanol–water partition coefficient (Wildman–Crippen LogP) is 3.61. The third-order valence-corrected chi connectivity index (χ3v) is 3.70. The third-order valence-electron chi connectivity index (χ3n) is 2.54. The van der Waals surface area contributed by atoms with Crippen LogP contribution in [0.15, 0.2) is 0 Å². The second-order valence-electron chi connectivity index (χ2n) is 4.72. The van der Waals surface area contributed by atoms with Crippen LogP contribution in [0.4, 0.5) is 22.0 Å². The summed E-state index contributed by atoms with van der Waals surface area (Å²) in [6.45, 7) is 0.948. The fourth-order valence-electron chi connectivity index (χ4n) is 1.39. The molecule has 0 spiro atoms. The smallest absolute Gasteiger partial charge is 0.309 e. The van der Waals surface area contributed by atoms with Gasteiger partial charge < -0.3 is 4.90 Å². The Morgan fingerprint density at radius 1 is 1.00 bits per heavy atom. The Morgan fingerprint density at radius 2 is 1.55 bits per heavy atom. The monoisotopic (exact) mass is 321 g/mol.